The quantitative estimate of drug-likeness (QED) is 0.703. The summed E-state index contributed by atoms with van der Waals surface area (Å²) in [5.74, 6) is -0.415. The lowest BCUT2D eigenvalue weighted by molar-refractivity contribution is -0.138. The number of hydrogen-bond acceptors (Lipinski definition) is 6. The number of carbonyl (C=O) groups excluding carboxylic acids is 1. The number of amides is 1. The van der Waals surface area contributed by atoms with Crippen molar-refractivity contribution >= 4 is 34.1 Å². The van der Waals surface area contributed by atoms with Gasteiger partial charge in [-0.05, 0) is 30.7 Å². The van der Waals surface area contributed by atoms with Gasteiger partial charge >= 0.3 is 6.18 Å². The zero-order valence-electron chi connectivity index (χ0n) is 15.0. The van der Waals surface area contributed by atoms with Gasteiger partial charge < -0.3 is 5.32 Å². The number of anilines is 1. The predicted molar refractivity (Wildman–Crippen MR) is 101 cm³/mol. The molecule has 0 spiro atoms. The van der Waals surface area contributed by atoms with E-state index >= 15 is 0 Å². The van der Waals surface area contributed by atoms with Crippen LogP contribution in [0.3, 0.4) is 0 Å². The molecule has 1 atom stereocenters. The van der Waals surface area contributed by atoms with Crippen LogP contribution >= 0.6 is 23.1 Å². The number of nitrogens with zero attached hydrogens (tertiary/aromatic N) is 3. The number of pyridine rings is 1. The second-order valence-electron chi connectivity index (χ2n) is 6.39. The standard InChI is InChI=1S/C18H17F3N4OS2/c1-2-10-3-4-13-11(7-10)15(18(19,20)21)12(8-22)16(24-13)28-9-14(26)25-17-23-5-6-27-17/h5-6,10H,2-4,7,9H2,1H3,(H,23,25,26)/t10-/m0/s1. The van der Waals surface area contributed by atoms with E-state index in [1.165, 1.54) is 17.5 Å². The molecule has 0 radical (unpaired) electrons. The third-order valence-electron chi connectivity index (χ3n) is 4.62. The average molecular weight is 426 g/mol. The van der Waals surface area contributed by atoms with Crippen molar-refractivity contribution in [2.24, 2.45) is 5.92 Å². The number of halogens is 3. The molecule has 0 saturated carbocycles. The molecule has 1 aliphatic carbocycles. The van der Waals surface area contributed by atoms with Gasteiger partial charge in [0, 0.05) is 17.3 Å². The third-order valence-corrected chi connectivity index (χ3v) is 6.29. The van der Waals surface area contributed by atoms with Gasteiger partial charge in [0.25, 0.3) is 0 Å². The highest BCUT2D eigenvalue weighted by atomic mass is 32.2. The van der Waals surface area contributed by atoms with Crippen LogP contribution in [-0.2, 0) is 23.8 Å². The molecule has 148 valence electrons. The molecule has 1 aliphatic rings. The van der Waals surface area contributed by atoms with Crippen LogP contribution in [-0.4, -0.2) is 21.6 Å². The minimum atomic E-state index is -4.65. The number of fused-ring (bicyclic) bond motifs is 1. The van der Waals surface area contributed by atoms with Gasteiger partial charge in [0.2, 0.25) is 5.91 Å². The number of thiazole rings is 1. The summed E-state index contributed by atoms with van der Waals surface area (Å²) in [6.45, 7) is 1.95. The summed E-state index contributed by atoms with van der Waals surface area (Å²) in [5, 5.41) is 14.1. The van der Waals surface area contributed by atoms with Crippen LogP contribution in [0.5, 0.6) is 0 Å². The maximum atomic E-state index is 13.8. The molecule has 0 aliphatic heterocycles. The van der Waals surface area contributed by atoms with Crippen molar-refractivity contribution in [1.29, 1.82) is 5.26 Å². The topological polar surface area (TPSA) is 78.7 Å². The molecule has 2 aromatic heterocycles. The van der Waals surface area contributed by atoms with Gasteiger partial charge in [-0.2, -0.15) is 18.4 Å². The Kier molecular flexibility index (Phi) is 6.25. The van der Waals surface area contributed by atoms with Crippen molar-refractivity contribution in [3.05, 3.63) is 34.0 Å². The van der Waals surface area contributed by atoms with Crippen LogP contribution in [0.4, 0.5) is 18.3 Å². The van der Waals surface area contributed by atoms with E-state index in [0.29, 0.717) is 17.2 Å². The molecule has 0 saturated heterocycles. The summed E-state index contributed by atoms with van der Waals surface area (Å²) in [4.78, 5) is 20.3. The van der Waals surface area contributed by atoms with E-state index in [9.17, 15) is 23.2 Å². The van der Waals surface area contributed by atoms with E-state index in [0.717, 1.165) is 24.6 Å². The summed E-state index contributed by atoms with van der Waals surface area (Å²) < 4.78 is 41.4. The highest BCUT2D eigenvalue weighted by Crippen LogP contribution is 2.42. The fourth-order valence-corrected chi connectivity index (χ4v) is 4.60. The number of rotatable bonds is 5. The molecule has 28 heavy (non-hydrogen) atoms. The van der Waals surface area contributed by atoms with Crippen LogP contribution in [0, 0.1) is 17.2 Å². The number of hydrogen-bond donors (Lipinski definition) is 1. The second-order valence-corrected chi connectivity index (χ2v) is 8.25. The van der Waals surface area contributed by atoms with E-state index in [-0.39, 0.29) is 28.7 Å². The Morgan fingerprint density at radius 1 is 1.50 bits per heavy atom. The molecule has 0 bridgehead atoms. The molecule has 5 nitrogen and oxygen atoms in total. The van der Waals surface area contributed by atoms with Crippen molar-refractivity contribution in [2.75, 3.05) is 11.1 Å². The third kappa shape index (κ3) is 4.47. The Labute approximate surface area is 168 Å². The Hall–Kier alpha value is -2.12. The molecule has 1 amide bonds. The Morgan fingerprint density at radius 2 is 2.29 bits per heavy atom. The maximum Gasteiger partial charge on any atom is 0.418 e. The van der Waals surface area contributed by atoms with Gasteiger partial charge in [-0.1, -0.05) is 25.1 Å². The number of thioether (sulfide) groups is 1. The number of aryl methyl sites for hydroxylation is 1. The summed E-state index contributed by atoms with van der Waals surface area (Å²) in [6, 6.07) is 1.68. The first-order valence-electron chi connectivity index (χ1n) is 8.68. The molecule has 3 rings (SSSR count). The van der Waals surface area contributed by atoms with E-state index in [1.54, 1.807) is 11.4 Å². The zero-order chi connectivity index (χ0) is 20.3. The van der Waals surface area contributed by atoms with Gasteiger partial charge in [0.05, 0.1) is 16.9 Å². The van der Waals surface area contributed by atoms with Gasteiger partial charge in [-0.3, -0.25) is 4.79 Å². The van der Waals surface area contributed by atoms with Gasteiger partial charge in [0.15, 0.2) is 5.13 Å². The molecule has 0 fully saturated rings. The monoisotopic (exact) mass is 426 g/mol. The lowest BCUT2D eigenvalue weighted by atomic mass is 9.82. The lowest BCUT2D eigenvalue weighted by Gasteiger charge is -2.27. The summed E-state index contributed by atoms with van der Waals surface area (Å²) in [5.41, 5.74) is -0.853. The predicted octanol–water partition coefficient (Wildman–Crippen LogP) is 4.67. The number of nitrogens with one attached hydrogen (secondary N) is 1. The minimum absolute atomic E-state index is 0.0437. The SMILES string of the molecule is CC[C@H]1CCc2nc(SCC(=O)Nc3nccs3)c(C#N)c(C(F)(F)F)c2C1. The number of alkyl halides is 3. The van der Waals surface area contributed by atoms with E-state index < -0.39 is 23.2 Å². The van der Waals surface area contributed by atoms with Gasteiger partial charge in [0.1, 0.15) is 11.1 Å². The highest BCUT2D eigenvalue weighted by molar-refractivity contribution is 8.00. The van der Waals surface area contributed by atoms with Crippen LogP contribution in [0.25, 0.3) is 0 Å². The van der Waals surface area contributed by atoms with E-state index in [4.69, 9.17) is 0 Å². The molecule has 10 heteroatoms. The molecular formula is C18H17F3N4OS2. The minimum Gasteiger partial charge on any atom is -0.301 e. The Bertz CT molecular complexity index is 907. The zero-order valence-corrected chi connectivity index (χ0v) is 16.6. The Balaban J connectivity index is 1.91. The largest absolute Gasteiger partial charge is 0.418 e. The highest BCUT2D eigenvalue weighted by Gasteiger charge is 2.40. The van der Waals surface area contributed by atoms with Crippen molar-refractivity contribution in [1.82, 2.24) is 9.97 Å². The first kappa shape index (κ1) is 20.6. The molecule has 2 heterocycles. The number of aromatic nitrogens is 2. The normalized spacial score (nSPS) is 16.3. The molecule has 0 unspecified atom stereocenters. The Morgan fingerprint density at radius 3 is 2.89 bits per heavy atom. The van der Waals surface area contributed by atoms with Crippen LogP contribution in [0.2, 0.25) is 0 Å². The van der Waals surface area contributed by atoms with Crippen LogP contribution < -0.4 is 5.32 Å². The summed E-state index contributed by atoms with van der Waals surface area (Å²) in [7, 11) is 0. The molecule has 1 N–H and O–H groups in total. The van der Waals surface area contributed by atoms with Crippen molar-refractivity contribution in [3.8, 4) is 6.07 Å². The molecule has 0 aromatic carbocycles. The fourth-order valence-electron chi connectivity index (χ4n) is 3.25. The fraction of sp³-hybridized carbons (Fsp3) is 0.444. The lowest BCUT2D eigenvalue weighted by Crippen LogP contribution is -2.23. The van der Waals surface area contributed by atoms with Crippen LogP contribution in [0.1, 0.15) is 42.1 Å². The van der Waals surface area contributed by atoms with E-state index in [2.05, 4.69) is 15.3 Å². The van der Waals surface area contributed by atoms with E-state index in [1.807, 2.05) is 6.92 Å². The van der Waals surface area contributed by atoms with Gasteiger partial charge in [-0.25, -0.2) is 9.97 Å². The second kappa shape index (κ2) is 8.49. The van der Waals surface area contributed by atoms with Crippen LogP contribution in [0.15, 0.2) is 16.6 Å². The smallest absolute Gasteiger partial charge is 0.301 e. The first-order chi connectivity index (χ1) is 13.3. The maximum absolute atomic E-state index is 13.8. The molecule has 2 aromatic rings. The summed E-state index contributed by atoms with van der Waals surface area (Å²) >= 11 is 2.08. The number of nitriles is 1. The van der Waals surface area contributed by atoms with Crippen molar-refractivity contribution in [3.63, 3.8) is 0 Å². The first-order valence-corrected chi connectivity index (χ1v) is 10.5. The van der Waals surface area contributed by atoms with Crippen molar-refractivity contribution in [2.45, 2.75) is 43.8 Å². The summed E-state index contributed by atoms with van der Waals surface area (Å²) in [6.07, 6.45) is -0.836. The van der Waals surface area contributed by atoms with Gasteiger partial charge in [-0.15, -0.1) is 11.3 Å². The number of carbonyl (C=O) groups is 1. The van der Waals surface area contributed by atoms with Crippen molar-refractivity contribution < 1.29 is 18.0 Å². The average Bonchev–Trinajstić information content (AvgIpc) is 3.16. The molecular weight excluding hydrogens is 409 g/mol.